The Kier molecular flexibility index (Phi) is 7.30. The van der Waals surface area contributed by atoms with Crippen molar-refractivity contribution in [1.82, 2.24) is 9.88 Å². The molecule has 0 saturated carbocycles. The summed E-state index contributed by atoms with van der Waals surface area (Å²) in [5.41, 5.74) is 0.635. The van der Waals surface area contributed by atoms with Gasteiger partial charge in [0.1, 0.15) is 19.0 Å². The number of benzene rings is 2. The van der Waals surface area contributed by atoms with E-state index in [0.717, 1.165) is 39.3 Å². The Balaban J connectivity index is 1.41. The molecule has 1 saturated heterocycles. The van der Waals surface area contributed by atoms with E-state index < -0.39 is 9.84 Å². The van der Waals surface area contributed by atoms with Crippen molar-refractivity contribution in [2.45, 2.75) is 16.3 Å². The highest BCUT2D eigenvalue weighted by atomic mass is 32.2. The fraction of sp³-hybridized carbons (Fsp3) is 0.400. The first-order chi connectivity index (χ1) is 17.5. The van der Waals surface area contributed by atoms with Gasteiger partial charge < -0.3 is 28.7 Å². The summed E-state index contributed by atoms with van der Waals surface area (Å²) < 4.78 is 55.0. The number of oxazole rings is 1. The van der Waals surface area contributed by atoms with Crippen molar-refractivity contribution in [1.29, 1.82) is 0 Å². The van der Waals surface area contributed by atoms with E-state index in [4.69, 9.17) is 23.4 Å². The minimum atomic E-state index is -4.02. The van der Waals surface area contributed by atoms with Gasteiger partial charge in [0.2, 0.25) is 26.6 Å². The number of methoxy groups -OCH3 is 1. The van der Waals surface area contributed by atoms with Gasteiger partial charge in [-0.15, -0.1) is 0 Å². The molecule has 1 fully saturated rings. The number of aromatic nitrogens is 1. The summed E-state index contributed by atoms with van der Waals surface area (Å²) >= 11 is 0. The number of ether oxygens (including phenoxy) is 4. The van der Waals surface area contributed by atoms with Crippen LogP contribution in [0.5, 0.6) is 17.2 Å². The number of nitrogens with zero attached hydrogens (tertiary/aromatic N) is 2. The topological polar surface area (TPSA) is 112 Å². The maximum Gasteiger partial charge on any atom is 0.233 e. The molecule has 1 aromatic heterocycles. The number of fused-ring (bicyclic) bond motifs is 1. The molecule has 2 aromatic carbocycles. The fourth-order valence-corrected chi connectivity index (χ4v) is 5.38. The minimum Gasteiger partial charge on any atom is -0.497 e. The number of nitrogens with one attached hydrogen (secondary N) is 1. The van der Waals surface area contributed by atoms with Crippen molar-refractivity contribution in [3.8, 4) is 28.7 Å². The molecule has 10 nitrogen and oxygen atoms in total. The SMILES string of the molecule is COc1ccc(-c2nc(S(=O)(=O)c3ccc4c(c3)OCCO4)c(NCCCN3CCOCC3)o2)cc1. The molecule has 0 unspecified atom stereocenters. The van der Waals surface area contributed by atoms with E-state index in [1.54, 1.807) is 37.4 Å². The van der Waals surface area contributed by atoms with Crippen molar-refractivity contribution in [3.05, 3.63) is 42.5 Å². The van der Waals surface area contributed by atoms with E-state index in [0.29, 0.717) is 42.6 Å². The van der Waals surface area contributed by atoms with Crippen LogP contribution in [0, 0.1) is 0 Å². The van der Waals surface area contributed by atoms with Crippen LogP contribution < -0.4 is 19.5 Å². The third kappa shape index (κ3) is 5.28. The zero-order valence-corrected chi connectivity index (χ0v) is 20.9. The largest absolute Gasteiger partial charge is 0.497 e. The van der Waals surface area contributed by atoms with Gasteiger partial charge in [-0.05, 0) is 49.4 Å². The second-order valence-corrected chi connectivity index (χ2v) is 10.3. The molecule has 36 heavy (non-hydrogen) atoms. The van der Waals surface area contributed by atoms with Crippen molar-refractivity contribution in [3.63, 3.8) is 0 Å². The summed E-state index contributed by atoms with van der Waals surface area (Å²) in [6.07, 6.45) is 0.808. The van der Waals surface area contributed by atoms with E-state index in [1.807, 2.05) is 0 Å². The molecule has 0 aliphatic carbocycles. The van der Waals surface area contributed by atoms with Gasteiger partial charge in [0.25, 0.3) is 0 Å². The second-order valence-electron chi connectivity index (χ2n) is 8.43. The highest BCUT2D eigenvalue weighted by Crippen LogP contribution is 2.37. The summed E-state index contributed by atoms with van der Waals surface area (Å²) in [6.45, 7) is 5.45. The van der Waals surface area contributed by atoms with Crippen LogP contribution in [0.4, 0.5) is 5.88 Å². The van der Waals surface area contributed by atoms with Crippen molar-refractivity contribution >= 4 is 15.7 Å². The van der Waals surface area contributed by atoms with Crippen LogP contribution in [-0.4, -0.2) is 78.0 Å². The second kappa shape index (κ2) is 10.8. The molecule has 11 heteroatoms. The van der Waals surface area contributed by atoms with Crippen LogP contribution in [0.15, 0.2) is 56.8 Å². The lowest BCUT2D eigenvalue weighted by atomic mass is 10.2. The predicted molar refractivity (Wildman–Crippen MR) is 132 cm³/mol. The van der Waals surface area contributed by atoms with Gasteiger partial charge in [-0.1, -0.05) is 0 Å². The number of anilines is 1. The Morgan fingerprint density at radius 2 is 1.75 bits per heavy atom. The van der Waals surface area contributed by atoms with Crippen LogP contribution in [0.2, 0.25) is 0 Å². The van der Waals surface area contributed by atoms with Crippen LogP contribution >= 0.6 is 0 Å². The molecule has 5 rings (SSSR count). The molecule has 0 spiro atoms. The summed E-state index contributed by atoms with van der Waals surface area (Å²) in [4.78, 5) is 6.78. The average Bonchev–Trinajstić information content (AvgIpc) is 3.36. The van der Waals surface area contributed by atoms with Gasteiger partial charge in [0, 0.05) is 31.3 Å². The lowest BCUT2D eigenvalue weighted by Crippen LogP contribution is -2.37. The number of hydrogen-bond acceptors (Lipinski definition) is 10. The Labute approximate surface area is 210 Å². The van der Waals surface area contributed by atoms with E-state index in [9.17, 15) is 8.42 Å². The molecular weight excluding hydrogens is 486 g/mol. The Morgan fingerprint density at radius 3 is 2.50 bits per heavy atom. The molecule has 2 aliphatic rings. The summed E-state index contributed by atoms with van der Waals surface area (Å²) in [5.74, 6) is 1.89. The van der Waals surface area contributed by atoms with Crippen LogP contribution in [0.1, 0.15) is 6.42 Å². The lowest BCUT2D eigenvalue weighted by molar-refractivity contribution is 0.0378. The van der Waals surface area contributed by atoms with Gasteiger partial charge in [0.05, 0.1) is 25.2 Å². The molecule has 0 radical (unpaired) electrons. The molecule has 192 valence electrons. The van der Waals surface area contributed by atoms with Crippen molar-refractivity contribution in [2.24, 2.45) is 0 Å². The highest BCUT2D eigenvalue weighted by Gasteiger charge is 2.30. The van der Waals surface area contributed by atoms with Crippen molar-refractivity contribution < 1.29 is 31.8 Å². The summed E-state index contributed by atoms with van der Waals surface area (Å²) in [7, 11) is -2.43. The number of morpholine rings is 1. The third-order valence-electron chi connectivity index (χ3n) is 6.05. The average molecular weight is 516 g/mol. The highest BCUT2D eigenvalue weighted by molar-refractivity contribution is 7.91. The lowest BCUT2D eigenvalue weighted by Gasteiger charge is -2.26. The Hall–Kier alpha value is -3.28. The molecule has 0 amide bonds. The van der Waals surface area contributed by atoms with Gasteiger partial charge >= 0.3 is 0 Å². The number of rotatable bonds is 9. The van der Waals surface area contributed by atoms with Gasteiger partial charge in [0.15, 0.2) is 11.5 Å². The molecule has 3 heterocycles. The van der Waals surface area contributed by atoms with Crippen LogP contribution in [0.3, 0.4) is 0 Å². The molecular formula is C25H29N3O7S. The molecule has 1 N–H and O–H groups in total. The van der Waals surface area contributed by atoms with Gasteiger partial charge in [-0.3, -0.25) is 4.90 Å². The Morgan fingerprint density at radius 1 is 1.00 bits per heavy atom. The molecule has 3 aromatic rings. The Bertz CT molecular complexity index is 1290. The monoisotopic (exact) mass is 515 g/mol. The first-order valence-electron chi connectivity index (χ1n) is 11.9. The predicted octanol–water partition coefficient (Wildman–Crippen LogP) is 3.09. The fourth-order valence-electron chi connectivity index (χ4n) is 4.09. The zero-order chi connectivity index (χ0) is 25.0. The van der Waals surface area contributed by atoms with E-state index in [1.165, 1.54) is 12.1 Å². The standard InChI is InChI=1S/C25H29N3O7S/c1-31-19-5-3-18(4-6-19)23-27-25(24(35-23)26-9-2-10-28-11-13-32-14-12-28)36(29,30)20-7-8-21-22(17-20)34-16-15-33-21/h3-8,17,26H,2,9-16H2,1H3. The first kappa shape index (κ1) is 24.4. The quantitative estimate of drug-likeness (QED) is 0.427. The number of hydrogen-bond donors (Lipinski definition) is 1. The smallest absolute Gasteiger partial charge is 0.233 e. The van der Waals surface area contributed by atoms with E-state index >= 15 is 0 Å². The normalized spacial score (nSPS) is 16.0. The minimum absolute atomic E-state index is 0.0534. The number of sulfone groups is 1. The van der Waals surface area contributed by atoms with Crippen molar-refractivity contribution in [2.75, 3.05) is 65.0 Å². The van der Waals surface area contributed by atoms with E-state index in [2.05, 4.69) is 15.2 Å². The first-order valence-corrected chi connectivity index (χ1v) is 13.4. The maximum absolute atomic E-state index is 13.7. The van der Waals surface area contributed by atoms with Crippen LogP contribution in [0.25, 0.3) is 11.5 Å². The third-order valence-corrected chi connectivity index (χ3v) is 7.71. The van der Waals surface area contributed by atoms with Gasteiger partial charge in [-0.25, -0.2) is 8.42 Å². The molecule has 0 atom stereocenters. The van der Waals surface area contributed by atoms with E-state index in [-0.39, 0.29) is 21.7 Å². The maximum atomic E-state index is 13.7. The molecule has 2 aliphatic heterocycles. The summed E-state index contributed by atoms with van der Waals surface area (Å²) in [6, 6.07) is 11.6. The molecule has 0 bridgehead atoms. The van der Waals surface area contributed by atoms with Crippen LogP contribution in [-0.2, 0) is 14.6 Å². The zero-order valence-electron chi connectivity index (χ0n) is 20.1. The summed E-state index contributed by atoms with van der Waals surface area (Å²) in [5, 5.41) is 2.99. The van der Waals surface area contributed by atoms with Gasteiger partial charge in [-0.2, -0.15) is 4.98 Å².